The lowest BCUT2D eigenvalue weighted by Gasteiger charge is -2.12. The molecule has 1 aliphatic rings. The highest BCUT2D eigenvalue weighted by atomic mass is 19.2. The lowest BCUT2D eigenvalue weighted by molar-refractivity contribution is 0.137. The van der Waals surface area contributed by atoms with Crippen molar-refractivity contribution >= 4 is 6.03 Å². The summed E-state index contributed by atoms with van der Waals surface area (Å²) in [4.78, 5) is 11.1. The van der Waals surface area contributed by atoms with E-state index in [9.17, 15) is 13.6 Å². The van der Waals surface area contributed by atoms with Crippen LogP contribution in [0.1, 0.15) is 11.1 Å². The fourth-order valence-corrected chi connectivity index (χ4v) is 2.35. The summed E-state index contributed by atoms with van der Waals surface area (Å²) in [7, 11) is 0. The van der Waals surface area contributed by atoms with Gasteiger partial charge in [0.1, 0.15) is 18.1 Å². The Kier molecular flexibility index (Phi) is 4.48. The lowest BCUT2D eigenvalue weighted by Crippen LogP contribution is -2.43. The minimum atomic E-state index is -0.926. The number of hydroxylamine groups is 1. The fraction of sp³-hybridized carbons (Fsp3) is 0.188. The zero-order valence-corrected chi connectivity index (χ0v) is 12.4. The van der Waals surface area contributed by atoms with Crippen molar-refractivity contribution in [3.8, 4) is 11.5 Å². The van der Waals surface area contributed by atoms with Crippen LogP contribution in [0.25, 0.3) is 0 Å². The molecule has 126 valence electrons. The van der Waals surface area contributed by atoms with Gasteiger partial charge in [-0.15, -0.1) is 0 Å². The van der Waals surface area contributed by atoms with Crippen molar-refractivity contribution in [1.82, 2.24) is 10.8 Å². The number of rotatable bonds is 4. The molecule has 3 N–H and O–H groups in total. The van der Waals surface area contributed by atoms with Gasteiger partial charge in [0.05, 0.1) is 0 Å². The highest BCUT2D eigenvalue weighted by Gasteiger charge is 2.24. The quantitative estimate of drug-likeness (QED) is 0.592. The van der Waals surface area contributed by atoms with Gasteiger partial charge in [0, 0.05) is 18.1 Å². The van der Waals surface area contributed by atoms with Crippen molar-refractivity contribution in [2.45, 2.75) is 19.3 Å². The van der Waals surface area contributed by atoms with E-state index in [4.69, 9.17) is 14.7 Å². The summed E-state index contributed by atoms with van der Waals surface area (Å²) in [6.45, 7) is 0.0740. The SMILES string of the molecule is O=C(NO)NC1Cc2ccc(OCc3ccc(F)c(F)c3)cc2O1. The van der Waals surface area contributed by atoms with Crippen molar-refractivity contribution < 1.29 is 28.3 Å². The number of urea groups is 1. The standard InChI is InChI=1S/C16H14F2N2O4/c17-12-4-1-9(5-13(12)18)8-23-11-3-2-10-6-15(19-16(21)20-22)24-14(10)7-11/h1-5,7,15,22H,6,8H2,(H2,19,20,21). The Hall–Kier alpha value is -2.87. The molecule has 2 amide bonds. The Morgan fingerprint density at radius 2 is 2.08 bits per heavy atom. The number of benzene rings is 2. The third-order valence-electron chi connectivity index (χ3n) is 3.50. The Bertz CT molecular complexity index is 770. The van der Waals surface area contributed by atoms with Crippen molar-refractivity contribution in [3.05, 3.63) is 59.2 Å². The van der Waals surface area contributed by atoms with E-state index in [0.717, 1.165) is 17.7 Å². The van der Waals surface area contributed by atoms with Crippen molar-refractivity contribution in [1.29, 1.82) is 0 Å². The number of nitrogens with one attached hydrogen (secondary N) is 2. The number of fused-ring (bicyclic) bond motifs is 1. The molecular weight excluding hydrogens is 322 g/mol. The van der Waals surface area contributed by atoms with E-state index in [1.807, 2.05) is 0 Å². The van der Waals surface area contributed by atoms with Crippen molar-refractivity contribution in [2.24, 2.45) is 0 Å². The monoisotopic (exact) mass is 336 g/mol. The number of carbonyl (C=O) groups is 1. The Morgan fingerprint density at radius 3 is 2.83 bits per heavy atom. The van der Waals surface area contributed by atoms with Crippen molar-refractivity contribution in [2.75, 3.05) is 0 Å². The van der Waals surface area contributed by atoms with Crippen LogP contribution in [0.3, 0.4) is 0 Å². The minimum absolute atomic E-state index is 0.0740. The molecule has 24 heavy (non-hydrogen) atoms. The molecule has 1 unspecified atom stereocenters. The second-order valence-corrected chi connectivity index (χ2v) is 5.20. The molecule has 0 saturated carbocycles. The molecule has 1 aliphatic heterocycles. The van der Waals surface area contributed by atoms with E-state index in [0.29, 0.717) is 23.5 Å². The summed E-state index contributed by atoms with van der Waals surface area (Å²) in [5, 5.41) is 10.9. The molecule has 0 fully saturated rings. The molecule has 8 heteroatoms. The zero-order valence-electron chi connectivity index (χ0n) is 12.4. The van der Waals surface area contributed by atoms with Crippen LogP contribution in [0.15, 0.2) is 36.4 Å². The van der Waals surface area contributed by atoms with E-state index >= 15 is 0 Å². The predicted molar refractivity (Wildman–Crippen MR) is 78.7 cm³/mol. The van der Waals surface area contributed by atoms with Crippen LogP contribution < -0.4 is 20.3 Å². The number of halogens is 2. The summed E-state index contributed by atoms with van der Waals surface area (Å²) < 4.78 is 37.1. The van der Waals surface area contributed by atoms with Gasteiger partial charge in [-0.05, 0) is 23.8 Å². The minimum Gasteiger partial charge on any atom is -0.489 e. The van der Waals surface area contributed by atoms with E-state index in [1.54, 1.807) is 18.2 Å². The summed E-state index contributed by atoms with van der Waals surface area (Å²) in [6.07, 6.45) is -0.139. The maximum Gasteiger partial charge on any atom is 0.341 e. The molecule has 0 spiro atoms. The maximum absolute atomic E-state index is 13.2. The molecule has 2 aromatic rings. The normalized spacial score (nSPS) is 15.4. The fourth-order valence-electron chi connectivity index (χ4n) is 2.35. The Balaban J connectivity index is 1.62. The first-order chi connectivity index (χ1) is 11.5. The molecule has 6 nitrogen and oxygen atoms in total. The molecule has 0 aliphatic carbocycles. The largest absolute Gasteiger partial charge is 0.489 e. The third-order valence-corrected chi connectivity index (χ3v) is 3.50. The number of hydrogen-bond donors (Lipinski definition) is 3. The number of carbonyl (C=O) groups excluding carboxylic acids is 1. The number of amides is 2. The lowest BCUT2D eigenvalue weighted by atomic mass is 10.1. The first-order valence-corrected chi connectivity index (χ1v) is 7.12. The summed E-state index contributed by atoms with van der Waals surface area (Å²) >= 11 is 0. The van der Waals surface area contributed by atoms with Gasteiger partial charge in [-0.25, -0.2) is 19.1 Å². The van der Waals surface area contributed by atoms with E-state index in [1.165, 1.54) is 11.5 Å². The van der Waals surface area contributed by atoms with Gasteiger partial charge in [-0.2, -0.15) is 0 Å². The van der Waals surface area contributed by atoms with Crippen LogP contribution in [0.5, 0.6) is 11.5 Å². The number of hydrogen-bond acceptors (Lipinski definition) is 4. The Labute approximate surface area is 136 Å². The summed E-state index contributed by atoms with van der Waals surface area (Å²) in [5.41, 5.74) is 2.83. The van der Waals surface area contributed by atoms with Gasteiger partial charge in [-0.3, -0.25) is 5.21 Å². The van der Waals surface area contributed by atoms with Crippen molar-refractivity contribution in [3.63, 3.8) is 0 Å². The van der Waals surface area contributed by atoms with Crippen LogP contribution in [-0.2, 0) is 13.0 Å². The summed E-state index contributed by atoms with van der Waals surface area (Å²) in [5.74, 6) is -0.800. The zero-order chi connectivity index (χ0) is 17.1. The van der Waals surface area contributed by atoms with Gasteiger partial charge in [0.2, 0.25) is 0 Å². The summed E-state index contributed by atoms with van der Waals surface area (Å²) in [6, 6.07) is 7.95. The van der Waals surface area contributed by atoms with E-state index in [2.05, 4.69) is 5.32 Å². The molecule has 0 radical (unpaired) electrons. The Morgan fingerprint density at radius 1 is 1.25 bits per heavy atom. The predicted octanol–water partition coefficient (Wildman–Crippen LogP) is 2.49. The topological polar surface area (TPSA) is 79.8 Å². The average molecular weight is 336 g/mol. The van der Waals surface area contributed by atoms with Crippen LogP contribution in [0.2, 0.25) is 0 Å². The first-order valence-electron chi connectivity index (χ1n) is 7.12. The van der Waals surface area contributed by atoms with Crippen LogP contribution in [0.4, 0.5) is 13.6 Å². The second kappa shape index (κ2) is 6.71. The van der Waals surface area contributed by atoms with Crippen LogP contribution in [0, 0.1) is 11.6 Å². The highest BCUT2D eigenvalue weighted by Crippen LogP contribution is 2.32. The molecule has 1 atom stereocenters. The molecule has 1 heterocycles. The van der Waals surface area contributed by atoms with E-state index in [-0.39, 0.29) is 6.61 Å². The van der Waals surface area contributed by atoms with E-state index < -0.39 is 23.9 Å². The first kappa shape index (κ1) is 16.0. The van der Waals surface area contributed by atoms with Gasteiger partial charge in [0.25, 0.3) is 0 Å². The van der Waals surface area contributed by atoms with Crippen LogP contribution >= 0.6 is 0 Å². The molecule has 0 saturated heterocycles. The van der Waals surface area contributed by atoms with Gasteiger partial charge in [-0.1, -0.05) is 12.1 Å². The molecule has 2 aromatic carbocycles. The number of ether oxygens (including phenoxy) is 2. The molecular formula is C16H14F2N2O4. The molecule has 0 bridgehead atoms. The third kappa shape index (κ3) is 3.54. The molecule has 0 aromatic heterocycles. The smallest absolute Gasteiger partial charge is 0.341 e. The molecule has 3 rings (SSSR count). The van der Waals surface area contributed by atoms with Gasteiger partial charge >= 0.3 is 6.03 Å². The van der Waals surface area contributed by atoms with Gasteiger partial charge < -0.3 is 14.8 Å². The maximum atomic E-state index is 13.2. The second-order valence-electron chi connectivity index (χ2n) is 5.20. The average Bonchev–Trinajstić information content (AvgIpc) is 2.97. The highest BCUT2D eigenvalue weighted by molar-refractivity contribution is 5.72. The van der Waals surface area contributed by atoms with Gasteiger partial charge in [0.15, 0.2) is 17.9 Å². The van der Waals surface area contributed by atoms with Crippen LogP contribution in [-0.4, -0.2) is 17.5 Å².